The standard InChI is InChI=1S/C22H33N3O5S/c26-21(23-18-22(8-2-1-3-9-22)24-10-14-29-15-11-24)19-4-6-20(7-5-19)31(27,28)25-12-16-30-17-13-25/h4-7H,1-3,8-18H2,(H,23,26). The minimum absolute atomic E-state index is 0.00268. The minimum atomic E-state index is -3.56. The molecular weight excluding hydrogens is 418 g/mol. The van der Waals surface area contributed by atoms with E-state index in [4.69, 9.17) is 9.47 Å². The van der Waals surface area contributed by atoms with Gasteiger partial charge in [-0.15, -0.1) is 0 Å². The summed E-state index contributed by atoms with van der Waals surface area (Å²) in [6, 6.07) is 6.26. The molecule has 0 radical (unpaired) electrons. The van der Waals surface area contributed by atoms with Gasteiger partial charge in [-0.25, -0.2) is 8.42 Å². The normalized spacial score (nSPS) is 23.4. The number of morpholine rings is 2. The molecule has 1 aromatic carbocycles. The number of sulfonamides is 1. The minimum Gasteiger partial charge on any atom is -0.379 e. The maximum absolute atomic E-state index is 12.8. The fourth-order valence-corrected chi connectivity index (χ4v) is 6.32. The summed E-state index contributed by atoms with van der Waals surface area (Å²) in [4.78, 5) is 15.5. The Labute approximate surface area is 184 Å². The first-order chi connectivity index (χ1) is 15.0. The molecule has 1 aliphatic carbocycles. The van der Waals surface area contributed by atoms with Gasteiger partial charge in [0.05, 0.1) is 31.3 Å². The molecule has 0 unspecified atom stereocenters. The van der Waals surface area contributed by atoms with Crippen molar-refractivity contribution in [1.82, 2.24) is 14.5 Å². The van der Waals surface area contributed by atoms with Gasteiger partial charge in [0, 0.05) is 43.8 Å². The van der Waals surface area contributed by atoms with Crippen molar-refractivity contribution in [2.45, 2.75) is 42.5 Å². The molecule has 172 valence electrons. The van der Waals surface area contributed by atoms with Crippen molar-refractivity contribution >= 4 is 15.9 Å². The van der Waals surface area contributed by atoms with Crippen LogP contribution in [0.1, 0.15) is 42.5 Å². The van der Waals surface area contributed by atoms with Crippen molar-refractivity contribution in [2.24, 2.45) is 0 Å². The van der Waals surface area contributed by atoms with Crippen LogP contribution in [0.2, 0.25) is 0 Å². The zero-order valence-corrected chi connectivity index (χ0v) is 18.9. The summed E-state index contributed by atoms with van der Waals surface area (Å²) in [6.07, 6.45) is 5.79. The summed E-state index contributed by atoms with van der Waals surface area (Å²) in [5.41, 5.74) is 0.478. The second-order valence-corrected chi connectivity index (χ2v) is 10.5. The summed E-state index contributed by atoms with van der Waals surface area (Å²) in [6.45, 7) is 5.44. The molecule has 1 N–H and O–H groups in total. The Morgan fingerprint density at radius 2 is 1.48 bits per heavy atom. The fourth-order valence-electron chi connectivity index (χ4n) is 4.91. The Morgan fingerprint density at radius 3 is 2.10 bits per heavy atom. The van der Waals surface area contributed by atoms with Gasteiger partial charge in [-0.05, 0) is 37.1 Å². The third-order valence-corrected chi connectivity index (χ3v) is 8.68. The van der Waals surface area contributed by atoms with E-state index < -0.39 is 10.0 Å². The van der Waals surface area contributed by atoms with Crippen LogP contribution in [-0.4, -0.2) is 88.2 Å². The van der Waals surface area contributed by atoms with E-state index in [1.54, 1.807) is 12.1 Å². The van der Waals surface area contributed by atoms with Crippen molar-refractivity contribution in [3.05, 3.63) is 29.8 Å². The number of hydrogen-bond acceptors (Lipinski definition) is 6. The number of carbonyl (C=O) groups excluding carboxylic acids is 1. The molecule has 31 heavy (non-hydrogen) atoms. The van der Waals surface area contributed by atoms with Crippen molar-refractivity contribution in [2.75, 3.05) is 59.2 Å². The van der Waals surface area contributed by atoms with Crippen molar-refractivity contribution in [3.63, 3.8) is 0 Å². The number of rotatable bonds is 6. The van der Waals surface area contributed by atoms with E-state index >= 15 is 0 Å². The summed E-state index contributed by atoms with van der Waals surface area (Å²) in [5.74, 6) is -0.159. The number of carbonyl (C=O) groups is 1. The Kier molecular flexibility index (Phi) is 7.28. The van der Waals surface area contributed by atoms with E-state index in [1.807, 2.05) is 0 Å². The fraction of sp³-hybridized carbons (Fsp3) is 0.682. The highest BCUT2D eigenvalue weighted by atomic mass is 32.2. The van der Waals surface area contributed by atoms with E-state index in [-0.39, 0.29) is 16.3 Å². The maximum atomic E-state index is 12.8. The number of nitrogens with zero attached hydrogens (tertiary/aromatic N) is 2. The Morgan fingerprint density at radius 1 is 0.903 bits per heavy atom. The van der Waals surface area contributed by atoms with E-state index in [9.17, 15) is 13.2 Å². The zero-order chi connectivity index (χ0) is 21.7. The Hall–Kier alpha value is -1.52. The number of ether oxygens (including phenoxy) is 2. The molecule has 2 aliphatic heterocycles. The van der Waals surface area contributed by atoms with Gasteiger partial charge in [0.15, 0.2) is 0 Å². The summed E-state index contributed by atoms with van der Waals surface area (Å²) in [7, 11) is -3.56. The highest BCUT2D eigenvalue weighted by Crippen LogP contribution is 2.34. The molecule has 3 fully saturated rings. The zero-order valence-electron chi connectivity index (χ0n) is 18.1. The van der Waals surface area contributed by atoms with E-state index in [2.05, 4.69) is 10.2 Å². The SMILES string of the molecule is O=C(NCC1(N2CCOCC2)CCCCC1)c1ccc(S(=O)(=O)N2CCOCC2)cc1. The topological polar surface area (TPSA) is 88.2 Å². The molecule has 1 saturated carbocycles. The average Bonchev–Trinajstić information content (AvgIpc) is 2.84. The lowest BCUT2D eigenvalue weighted by atomic mass is 9.79. The monoisotopic (exact) mass is 451 g/mol. The van der Waals surface area contributed by atoms with Gasteiger partial charge in [0.25, 0.3) is 5.91 Å². The third kappa shape index (κ3) is 5.12. The number of hydrogen-bond donors (Lipinski definition) is 1. The second kappa shape index (κ2) is 9.95. The molecular formula is C22H33N3O5S. The lowest BCUT2D eigenvalue weighted by Crippen LogP contribution is -2.59. The summed E-state index contributed by atoms with van der Waals surface area (Å²) < 4.78 is 37.7. The first-order valence-corrected chi connectivity index (χ1v) is 12.7. The van der Waals surface area contributed by atoms with Gasteiger partial charge in [-0.2, -0.15) is 4.31 Å². The summed E-state index contributed by atoms with van der Waals surface area (Å²) in [5, 5.41) is 3.13. The van der Waals surface area contributed by atoms with Crippen LogP contribution in [0.25, 0.3) is 0 Å². The molecule has 2 saturated heterocycles. The van der Waals surface area contributed by atoms with E-state index in [0.29, 0.717) is 38.4 Å². The molecule has 1 amide bonds. The van der Waals surface area contributed by atoms with Crippen LogP contribution >= 0.6 is 0 Å². The highest BCUT2D eigenvalue weighted by molar-refractivity contribution is 7.89. The van der Waals surface area contributed by atoms with Gasteiger partial charge >= 0.3 is 0 Å². The highest BCUT2D eigenvalue weighted by Gasteiger charge is 2.39. The van der Waals surface area contributed by atoms with Crippen LogP contribution in [-0.2, 0) is 19.5 Å². The van der Waals surface area contributed by atoms with Gasteiger partial charge in [0.1, 0.15) is 0 Å². The smallest absolute Gasteiger partial charge is 0.251 e. The molecule has 8 nitrogen and oxygen atoms in total. The lowest BCUT2D eigenvalue weighted by molar-refractivity contribution is -0.0361. The van der Waals surface area contributed by atoms with Gasteiger partial charge in [-0.3, -0.25) is 9.69 Å². The molecule has 0 spiro atoms. The van der Waals surface area contributed by atoms with Crippen LogP contribution in [0.3, 0.4) is 0 Å². The molecule has 0 aromatic heterocycles. The first kappa shape index (κ1) is 22.7. The Balaban J connectivity index is 1.41. The molecule has 2 heterocycles. The molecule has 3 aliphatic rings. The van der Waals surface area contributed by atoms with Crippen molar-refractivity contribution < 1.29 is 22.7 Å². The predicted octanol–water partition coefficient (Wildman–Crippen LogP) is 1.47. The second-order valence-electron chi connectivity index (χ2n) is 8.61. The van der Waals surface area contributed by atoms with E-state index in [0.717, 1.165) is 39.1 Å². The molecule has 9 heteroatoms. The Bertz CT molecular complexity index is 840. The van der Waals surface area contributed by atoms with Crippen LogP contribution in [0.4, 0.5) is 0 Å². The van der Waals surface area contributed by atoms with Crippen molar-refractivity contribution in [1.29, 1.82) is 0 Å². The summed E-state index contributed by atoms with van der Waals surface area (Å²) >= 11 is 0. The van der Waals surface area contributed by atoms with Crippen LogP contribution < -0.4 is 5.32 Å². The van der Waals surface area contributed by atoms with Crippen LogP contribution in [0.15, 0.2) is 29.2 Å². The quantitative estimate of drug-likeness (QED) is 0.705. The van der Waals surface area contributed by atoms with Crippen molar-refractivity contribution in [3.8, 4) is 0 Å². The third-order valence-electron chi connectivity index (χ3n) is 6.77. The number of amides is 1. The molecule has 4 rings (SSSR count). The predicted molar refractivity (Wildman–Crippen MR) is 117 cm³/mol. The molecule has 0 bridgehead atoms. The van der Waals surface area contributed by atoms with Crippen LogP contribution in [0, 0.1) is 0 Å². The van der Waals surface area contributed by atoms with Gasteiger partial charge in [-0.1, -0.05) is 19.3 Å². The average molecular weight is 452 g/mol. The number of benzene rings is 1. The van der Waals surface area contributed by atoms with Crippen LogP contribution in [0.5, 0.6) is 0 Å². The molecule has 1 aromatic rings. The van der Waals surface area contributed by atoms with Gasteiger partial charge in [0.2, 0.25) is 10.0 Å². The molecule has 0 atom stereocenters. The first-order valence-electron chi connectivity index (χ1n) is 11.3. The maximum Gasteiger partial charge on any atom is 0.251 e. The lowest BCUT2D eigenvalue weighted by Gasteiger charge is -2.48. The van der Waals surface area contributed by atoms with Gasteiger partial charge < -0.3 is 14.8 Å². The van der Waals surface area contributed by atoms with E-state index in [1.165, 1.54) is 35.7 Å². The number of nitrogens with one attached hydrogen (secondary N) is 1. The largest absolute Gasteiger partial charge is 0.379 e.